The lowest BCUT2D eigenvalue weighted by atomic mass is 9.99. The van der Waals surface area contributed by atoms with E-state index in [2.05, 4.69) is 5.32 Å². The van der Waals surface area contributed by atoms with Crippen molar-refractivity contribution < 1.29 is 18.0 Å². The SMILES string of the molecule is CCN(CC)S(=O)(=O)c1ccc(C(C)NC(=O)C(c2ccccc2)N2CCCCC2=O)cc1. The number of nitrogens with zero attached hydrogens (tertiary/aromatic N) is 2. The Kier molecular flexibility index (Phi) is 8.26. The van der Waals surface area contributed by atoms with Gasteiger partial charge in [0.1, 0.15) is 6.04 Å². The molecule has 0 aliphatic carbocycles. The van der Waals surface area contributed by atoms with E-state index in [4.69, 9.17) is 0 Å². The van der Waals surface area contributed by atoms with Crippen LogP contribution in [0.1, 0.15) is 63.2 Å². The summed E-state index contributed by atoms with van der Waals surface area (Å²) in [5, 5.41) is 3.02. The number of benzene rings is 2. The van der Waals surface area contributed by atoms with Crippen LogP contribution in [0.15, 0.2) is 59.5 Å². The van der Waals surface area contributed by atoms with Gasteiger partial charge >= 0.3 is 0 Å². The second kappa shape index (κ2) is 10.9. The summed E-state index contributed by atoms with van der Waals surface area (Å²) in [6, 6.07) is 14.9. The molecule has 1 aliphatic rings. The summed E-state index contributed by atoms with van der Waals surface area (Å²) in [5.41, 5.74) is 1.57. The predicted octanol–water partition coefficient (Wildman–Crippen LogP) is 3.65. The minimum Gasteiger partial charge on any atom is -0.347 e. The molecule has 8 heteroatoms. The zero-order valence-corrected chi connectivity index (χ0v) is 20.3. The van der Waals surface area contributed by atoms with Crippen LogP contribution in [0.25, 0.3) is 0 Å². The number of sulfonamides is 1. The molecule has 0 saturated carbocycles. The average Bonchev–Trinajstić information content (AvgIpc) is 2.82. The standard InChI is InChI=1S/C25H33N3O4S/c1-4-27(5-2)33(31,32)22-16-14-20(15-17-22)19(3)26-25(30)24(21-11-7-6-8-12-21)28-18-10-9-13-23(28)29/h6-8,11-12,14-17,19,24H,4-5,9-10,13,18H2,1-3H3,(H,26,30). The highest BCUT2D eigenvalue weighted by molar-refractivity contribution is 7.89. The number of rotatable bonds is 9. The maximum atomic E-state index is 13.4. The van der Waals surface area contributed by atoms with E-state index in [0.29, 0.717) is 26.1 Å². The number of likely N-dealkylation sites (tertiary alicyclic amines) is 1. The molecule has 7 nitrogen and oxygen atoms in total. The van der Waals surface area contributed by atoms with Gasteiger partial charge in [-0.3, -0.25) is 9.59 Å². The van der Waals surface area contributed by atoms with Crippen molar-refractivity contribution in [1.29, 1.82) is 0 Å². The number of amides is 2. The van der Waals surface area contributed by atoms with Gasteiger partial charge in [-0.15, -0.1) is 0 Å². The average molecular weight is 472 g/mol. The largest absolute Gasteiger partial charge is 0.347 e. The summed E-state index contributed by atoms with van der Waals surface area (Å²) in [7, 11) is -3.54. The van der Waals surface area contributed by atoms with Gasteiger partial charge in [0.25, 0.3) is 0 Å². The Morgan fingerprint density at radius 1 is 1.00 bits per heavy atom. The van der Waals surface area contributed by atoms with Crippen LogP contribution in [0.3, 0.4) is 0 Å². The van der Waals surface area contributed by atoms with Crippen molar-refractivity contribution in [2.24, 2.45) is 0 Å². The van der Waals surface area contributed by atoms with Crippen molar-refractivity contribution in [3.63, 3.8) is 0 Å². The van der Waals surface area contributed by atoms with Gasteiger partial charge < -0.3 is 10.2 Å². The fraction of sp³-hybridized carbons (Fsp3) is 0.440. The quantitative estimate of drug-likeness (QED) is 0.605. The number of piperidine rings is 1. The summed E-state index contributed by atoms with van der Waals surface area (Å²) in [6.07, 6.45) is 2.17. The molecular formula is C25H33N3O4S. The summed E-state index contributed by atoms with van der Waals surface area (Å²) in [6.45, 7) is 6.84. The highest BCUT2D eigenvalue weighted by atomic mass is 32.2. The van der Waals surface area contributed by atoms with Crippen LogP contribution < -0.4 is 5.32 Å². The maximum absolute atomic E-state index is 13.4. The lowest BCUT2D eigenvalue weighted by molar-refractivity contribution is -0.143. The normalized spacial score (nSPS) is 16.5. The molecule has 1 fully saturated rings. The number of nitrogens with one attached hydrogen (secondary N) is 1. The fourth-order valence-corrected chi connectivity index (χ4v) is 5.68. The van der Waals surface area contributed by atoms with Crippen LogP contribution in [0.2, 0.25) is 0 Å². The van der Waals surface area contributed by atoms with Gasteiger partial charge in [-0.25, -0.2) is 8.42 Å². The Balaban J connectivity index is 1.79. The third-order valence-electron chi connectivity index (χ3n) is 6.12. The van der Waals surface area contributed by atoms with E-state index in [1.807, 2.05) is 51.1 Å². The Hall–Kier alpha value is -2.71. The molecule has 1 saturated heterocycles. The fourth-order valence-electron chi connectivity index (χ4n) is 4.22. The second-order valence-electron chi connectivity index (χ2n) is 8.25. The van der Waals surface area contributed by atoms with Crippen molar-refractivity contribution in [3.05, 3.63) is 65.7 Å². The first-order chi connectivity index (χ1) is 15.8. The first-order valence-electron chi connectivity index (χ1n) is 11.5. The molecule has 3 rings (SSSR count). The van der Waals surface area contributed by atoms with Gasteiger partial charge in [0.2, 0.25) is 21.8 Å². The Morgan fingerprint density at radius 2 is 1.64 bits per heavy atom. The van der Waals surface area contributed by atoms with Gasteiger partial charge in [0, 0.05) is 26.1 Å². The number of carbonyl (C=O) groups excluding carboxylic acids is 2. The van der Waals surface area contributed by atoms with Crippen molar-refractivity contribution in [2.45, 2.75) is 57.0 Å². The molecule has 0 bridgehead atoms. The van der Waals surface area contributed by atoms with E-state index < -0.39 is 16.1 Å². The lowest BCUT2D eigenvalue weighted by Gasteiger charge is -2.34. The second-order valence-corrected chi connectivity index (χ2v) is 10.2. The molecule has 0 aromatic heterocycles. The number of hydrogen-bond acceptors (Lipinski definition) is 4. The van der Waals surface area contributed by atoms with Crippen LogP contribution in [-0.2, 0) is 19.6 Å². The smallest absolute Gasteiger partial charge is 0.247 e. The van der Waals surface area contributed by atoms with Gasteiger partial charge in [0.15, 0.2) is 0 Å². The van der Waals surface area contributed by atoms with Crippen LogP contribution >= 0.6 is 0 Å². The summed E-state index contributed by atoms with van der Waals surface area (Å²) < 4.78 is 26.9. The van der Waals surface area contributed by atoms with E-state index in [9.17, 15) is 18.0 Å². The van der Waals surface area contributed by atoms with E-state index in [-0.39, 0.29) is 22.8 Å². The highest BCUT2D eigenvalue weighted by Gasteiger charge is 2.33. The molecule has 2 amide bonds. The third kappa shape index (κ3) is 5.62. The number of hydrogen-bond donors (Lipinski definition) is 1. The van der Waals surface area contributed by atoms with E-state index in [1.54, 1.807) is 29.2 Å². The molecule has 2 unspecified atom stereocenters. The zero-order chi connectivity index (χ0) is 24.0. The van der Waals surface area contributed by atoms with Crippen molar-refractivity contribution in [2.75, 3.05) is 19.6 Å². The molecule has 2 atom stereocenters. The van der Waals surface area contributed by atoms with E-state index >= 15 is 0 Å². The van der Waals surface area contributed by atoms with Gasteiger partial charge in [-0.1, -0.05) is 56.3 Å². The molecule has 33 heavy (non-hydrogen) atoms. The Bertz CT molecular complexity index is 1050. The molecule has 1 N–H and O–H groups in total. The zero-order valence-electron chi connectivity index (χ0n) is 19.5. The van der Waals surface area contributed by atoms with Crippen molar-refractivity contribution in [1.82, 2.24) is 14.5 Å². The van der Waals surface area contributed by atoms with E-state index in [1.165, 1.54) is 4.31 Å². The molecule has 1 aliphatic heterocycles. The molecule has 2 aromatic rings. The van der Waals surface area contributed by atoms with Crippen molar-refractivity contribution >= 4 is 21.8 Å². The van der Waals surface area contributed by atoms with Crippen molar-refractivity contribution in [3.8, 4) is 0 Å². The van der Waals surface area contributed by atoms with E-state index in [0.717, 1.165) is 24.0 Å². The summed E-state index contributed by atoms with van der Waals surface area (Å²) in [4.78, 5) is 27.8. The monoisotopic (exact) mass is 471 g/mol. The van der Waals surface area contributed by atoms with Crippen LogP contribution in [0, 0.1) is 0 Å². The minimum absolute atomic E-state index is 0.0103. The first-order valence-corrected chi connectivity index (χ1v) is 13.0. The van der Waals surface area contributed by atoms with Gasteiger partial charge in [0.05, 0.1) is 10.9 Å². The van der Waals surface area contributed by atoms with Crippen LogP contribution in [0.4, 0.5) is 0 Å². The molecule has 0 spiro atoms. The van der Waals surface area contributed by atoms with Gasteiger partial charge in [-0.2, -0.15) is 4.31 Å². The Morgan fingerprint density at radius 3 is 2.21 bits per heavy atom. The Labute approximate surface area is 196 Å². The first kappa shape index (κ1) is 24.9. The summed E-state index contributed by atoms with van der Waals surface area (Å²) in [5.74, 6) is -0.257. The van der Waals surface area contributed by atoms with Crippen LogP contribution in [-0.4, -0.2) is 49.1 Å². The molecule has 178 valence electrons. The maximum Gasteiger partial charge on any atom is 0.247 e. The van der Waals surface area contributed by atoms with Gasteiger partial charge in [-0.05, 0) is 43.0 Å². The number of carbonyl (C=O) groups is 2. The molecular weight excluding hydrogens is 438 g/mol. The van der Waals surface area contributed by atoms with Crippen LogP contribution in [0.5, 0.6) is 0 Å². The molecule has 0 radical (unpaired) electrons. The summed E-state index contributed by atoms with van der Waals surface area (Å²) >= 11 is 0. The predicted molar refractivity (Wildman–Crippen MR) is 128 cm³/mol. The molecule has 2 aromatic carbocycles. The topological polar surface area (TPSA) is 86.8 Å². The lowest BCUT2D eigenvalue weighted by Crippen LogP contribution is -2.46. The molecule has 1 heterocycles. The third-order valence-corrected chi connectivity index (χ3v) is 8.18. The highest BCUT2D eigenvalue weighted by Crippen LogP contribution is 2.27. The minimum atomic E-state index is -3.54.